The number of hydrogen-bond acceptors (Lipinski definition) is 2. The minimum Gasteiger partial charge on any atom is -0.397 e. The number of halogens is 2. The van der Waals surface area contributed by atoms with Crippen LogP contribution in [0.3, 0.4) is 0 Å². The molecule has 0 spiro atoms. The molecule has 0 amide bonds. The molecule has 4 heteroatoms. The highest BCUT2D eigenvalue weighted by atomic mass is 19.1. The van der Waals surface area contributed by atoms with E-state index in [-0.39, 0.29) is 12.1 Å². The third-order valence-corrected chi connectivity index (χ3v) is 3.53. The molecule has 19 heavy (non-hydrogen) atoms. The summed E-state index contributed by atoms with van der Waals surface area (Å²) in [6.07, 6.45) is 0.858. The van der Waals surface area contributed by atoms with Crippen LogP contribution in [0.1, 0.15) is 11.1 Å². The van der Waals surface area contributed by atoms with Gasteiger partial charge in [-0.2, -0.15) is 0 Å². The zero-order valence-corrected chi connectivity index (χ0v) is 10.4. The maximum Gasteiger partial charge on any atom is 0.131 e. The standard InChI is InChI=1S/C15H14F2N2/c16-12-4-2-5-13(17)11(12)9-19-8-7-10-3-1-6-14(18)15(10)19/h1-6H,7-9,18H2. The average Bonchev–Trinajstić information content (AvgIpc) is 2.79. The maximum absolute atomic E-state index is 13.7. The fraction of sp³-hybridized carbons (Fsp3) is 0.200. The van der Waals surface area contributed by atoms with Gasteiger partial charge in [-0.25, -0.2) is 8.78 Å². The van der Waals surface area contributed by atoms with Gasteiger partial charge in [0.05, 0.1) is 11.4 Å². The summed E-state index contributed by atoms with van der Waals surface area (Å²) in [6, 6.07) is 9.66. The van der Waals surface area contributed by atoms with Gasteiger partial charge in [-0.3, -0.25) is 0 Å². The zero-order valence-electron chi connectivity index (χ0n) is 10.4. The van der Waals surface area contributed by atoms with Crippen LogP contribution in [-0.4, -0.2) is 6.54 Å². The number of fused-ring (bicyclic) bond motifs is 1. The normalized spacial score (nSPS) is 13.7. The third kappa shape index (κ3) is 2.03. The summed E-state index contributed by atoms with van der Waals surface area (Å²) < 4.78 is 27.4. The van der Waals surface area contributed by atoms with E-state index in [1.54, 1.807) is 0 Å². The number of hydrogen-bond donors (Lipinski definition) is 1. The summed E-state index contributed by atoms with van der Waals surface area (Å²) in [5.41, 5.74) is 8.76. The molecule has 0 bridgehead atoms. The molecule has 0 aromatic heterocycles. The Morgan fingerprint density at radius 2 is 1.74 bits per heavy atom. The van der Waals surface area contributed by atoms with Gasteiger partial charge in [-0.1, -0.05) is 18.2 Å². The first-order valence-electron chi connectivity index (χ1n) is 6.22. The molecule has 0 saturated carbocycles. The molecule has 2 aromatic rings. The van der Waals surface area contributed by atoms with E-state index in [0.29, 0.717) is 5.69 Å². The fourth-order valence-corrected chi connectivity index (χ4v) is 2.60. The van der Waals surface area contributed by atoms with Crippen molar-refractivity contribution in [3.63, 3.8) is 0 Å². The Kier molecular flexibility index (Phi) is 2.85. The molecule has 2 aromatic carbocycles. The fourth-order valence-electron chi connectivity index (χ4n) is 2.60. The van der Waals surface area contributed by atoms with Gasteiger partial charge in [-0.15, -0.1) is 0 Å². The second kappa shape index (κ2) is 4.53. The van der Waals surface area contributed by atoms with Crippen LogP contribution in [0, 0.1) is 11.6 Å². The molecule has 1 heterocycles. The Morgan fingerprint density at radius 3 is 2.47 bits per heavy atom. The van der Waals surface area contributed by atoms with E-state index in [1.165, 1.54) is 18.2 Å². The molecule has 0 fully saturated rings. The van der Waals surface area contributed by atoms with Crippen molar-refractivity contribution in [2.24, 2.45) is 0 Å². The average molecular weight is 260 g/mol. The molecular weight excluding hydrogens is 246 g/mol. The van der Waals surface area contributed by atoms with Gasteiger partial charge in [-0.05, 0) is 30.2 Å². The van der Waals surface area contributed by atoms with Crippen LogP contribution >= 0.6 is 0 Å². The molecule has 0 saturated heterocycles. The molecule has 3 rings (SSSR count). The molecule has 0 unspecified atom stereocenters. The van der Waals surface area contributed by atoms with Crippen LogP contribution in [0.4, 0.5) is 20.2 Å². The summed E-state index contributed by atoms with van der Waals surface area (Å²) >= 11 is 0. The second-order valence-corrected chi connectivity index (χ2v) is 4.73. The lowest BCUT2D eigenvalue weighted by Crippen LogP contribution is -2.22. The van der Waals surface area contributed by atoms with Gasteiger partial charge in [0.1, 0.15) is 11.6 Å². The minimum atomic E-state index is -0.511. The molecule has 2 nitrogen and oxygen atoms in total. The van der Waals surface area contributed by atoms with Crippen molar-refractivity contribution < 1.29 is 8.78 Å². The first kappa shape index (κ1) is 12.0. The summed E-state index contributed by atoms with van der Waals surface area (Å²) in [7, 11) is 0. The first-order chi connectivity index (χ1) is 9.16. The Hall–Kier alpha value is -2.10. The van der Waals surface area contributed by atoms with E-state index < -0.39 is 11.6 Å². The SMILES string of the molecule is Nc1cccc2c1N(Cc1c(F)cccc1F)CC2. The zero-order chi connectivity index (χ0) is 13.4. The highest BCUT2D eigenvalue weighted by Crippen LogP contribution is 2.35. The highest BCUT2D eigenvalue weighted by molar-refractivity contribution is 5.74. The van der Waals surface area contributed by atoms with E-state index in [9.17, 15) is 8.78 Å². The summed E-state index contributed by atoms with van der Waals surface area (Å²) in [5.74, 6) is -1.02. The summed E-state index contributed by atoms with van der Waals surface area (Å²) in [5, 5.41) is 0. The van der Waals surface area contributed by atoms with Gasteiger partial charge < -0.3 is 10.6 Å². The van der Waals surface area contributed by atoms with Crippen molar-refractivity contribution in [1.29, 1.82) is 0 Å². The van der Waals surface area contributed by atoms with Crippen molar-refractivity contribution in [3.05, 3.63) is 59.2 Å². The molecule has 0 atom stereocenters. The second-order valence-electron chi connectivity index (χ2n) is 4.73. The number of nitrogens with zero attached hydrogens (tertiary/aromatic N) is 1. The first-order valence-corrected chi connectivity index (χ1v) is 6.22. The quantitative estimate of drug-likeness (QED) is 0.841. The van der Waals surface area contributed by atoms with Crippen molar-refractivity contribution in [1.82, 2.24) is 0 Å². The molecule has 2 N–H and O–H groups in total. The van der Waals surface area contributed by atoms with Gasteiger partial charge in [0.15, 0.2) is 0 Å². The maximum atomic E-state index is 13.7. The predicted octanol–water partition coefficient (Wildman–Crippen LogP) is 3.11. The van der Waals surface area contributed by atoms with Gasteiger partial charge in [0.25, 0.3) is 0 Å². The van der Waals surface area contributed by atoms with Crippen molar-refractivity contribution in [2.75, 3.05) is 17.2 Å². The van der Waals surface area contributed by atoms with Crippen molar-refractivity contribution in [3.8, 4) is 0 Å². The van der Waals surface area contributed by atoms with Crippen molar-refractivity contribution in [2.45, 2.75) is 13.0 Å². The topological polar surface area (TPSA) is 29.3 Å². The van der Waals surface area contributed by atoms with Gasteiger partial charge in [0.2, 0.25) is 0 Å². The number of benzene rings is 2. The van der Waals surface area contributed by atoms with Crippen LogP contribution < -0.4 is 10.6 Å². The molecular formula is C15H14F2N2. The highest BCUT2D eigenvalue weighted by Gasteiger charge is 2.23. The molecule has 0 aliphatic carbocycles. The predicted molar refractivity (Wildman–Crippen MR) is 72.0 cm³/mol. The monoisotopic (exact) mass is 260 g/mol. The van der Waals surface area contributed by atoms with E-state index in [4.69, 9.17) is 5.73 Å². The van der Waals surface area contributed by atoms with E-state index >= 15 is 0 Å². The lowest BCUT2D eigenvalue weighted by Gasteiger charge is -2.21. The minimum absolute atomic E-state index is 0.0959. The smallest absolute Gasteiger partial charge is 0.131 e. The largest absolute Gasteiger partial charge is 0.397 e. The van der Waals surface area contributed by atoms with Gasteiger partial charge >= 0.3 is 0 Å². The van der Waals surface area contributed by atoms with Crippen LogP contribution in [0.25, 0.3) is 0 Å². The number of anilines is 2. The van der Waals surface area contributed by atoms with Gasteiger partial charge in [0, 0.05) is 18.7 Å². The Bertz CT molecular complexity index is 605. The number of para-hydroxylation sites is 1. The Labute approximate surface area is 110 Å². The lowest BCUT2D eigenvalue weighted by molar-refractivity contribution is 0.551. The molecule has 1 aliphatic heterocycles. The van der Waals surface area contributed by atoms with E-state index in [0.717, 1.165) is 24.2 Å². The van der Waals surface area contributed by atoms with Crippen LogP contribution in [-0.2, 0) is 13.0 Å². The number of rotatable bonds is 2. The van der Waals surface area contributed by atoms with E-state index in [1.807, 2.05) is 23.1 Å². The number of nitrogens with two attached hydrogens (primary N) is 1. The Balaban J connectivity index is 1.95. The van der Waals surface area contributed by atoms with E-state index in [2.05, 4.69) is 0 Å². The summed E-state index contributed by atoms with van der Waals surface area (Å²) in [4.78, 5) is 1.94. The van der Waals surface area contributed by atoms with Crippen LogP contribution in [0.15, 0.2) is 36.4 Å². The number of nitrogen functional groups attached to an aromatic ring is 1. The molecule has 98 valence electrons. The molecule has 0 radical (unpaired) electrons. The Morgan fingerprint density at radius 1 is 1.05 bits per heavy atom. The third-order valence-electron chi connectivity index (χ3n) is 3.53. The van der Waals surface area contributed by atoms with Crippen molar-refractivity contribution >= 4 is 11.4 Å². The lowest BCUT2D eigenvalue weighted by atomic mass is 10.1. The summed E-state index contributed by atoms with van der Waals surface area (Å²) in [6.45, 7) is 0.942. The van der Waals surface area contributed by atoms with Crippen LogP contribution in [0.2, 0.25) is 0 Å². The molecule has 1 aliphatic rings. The van der Waals surface area contributed by atoms with Crippen LogP contribution in [0.5, 0.6) is 0 Å².